The van der Waals surface area contributed by atoms with E-state index in [0.29, 0.717) is 30.0 Å². The summed E-state index contributed by atoms with van der Waals surface area (Å²) >= 11 is 0. The Balaban J connectivity index is 1.71. The smallest absolute Gasteiger partial charge is 0.309 e. The standard InChI is InChI=1S/C29H36F3N3O3/c1-17(29(36)37-4)16-35-18(2)15-21-20-7-5-6-8-23(20)34-27(21)28(35)26-19(3)24(10-9-22(26)30)38-14-13-33-12-11-25(31)32/h5-10,17-18,25,28,33-34H,11-16H2,1-4H3/t17-,18+,28+/m0/s1. The number of hydrogen-bond acceptors (Lipinski definition) is 5. The van der Waals surface area contributed by atoms with Crippen LogP contribution in [0.15, 0.2) is 36.4 Å². The lowest BCUT2D eigenvalue weighted by Gasteiger charge is -2.42. The molecule has 0 bridgehead atoms. The van der Waals surface area contributed by atoms with Crippen molar-refractivity contribution in [1.29, 1.82) is 0 Å². The van der Waals surface area contributed by atoms with E-state index in [-0.39, 0.29) is 37.4 Å². The number of aromatic nitrogens is 1. The maximum atomic E-state index is 15.7. The summed E-state index contributed by atoms with van der Waals surface area (Å²) in [4.78, 5) is 18.1. The zero-order chi connectivity index (χ0) is 27.4. The Kier molecular flexibility index (Phi) is 8.99. The van der Waals surface area contributed by atoms with Crippen molar-refractivity contribution >= 4 is 16.9 Å². The number of esters is 1. The quantitative estimate of drug-likeness (QED) is 0.257. The fraction of sp³-hybridized carbons (Fsp3) is 0.483. The minimum atomic E-state index is -2.34. The van der Waals surface area contributed by atoms with Crippen LogP contribution in [0.5, 0.6) is 5.75 Å². The van der Waals surface area contributed by atoms with E-state index in [2.05, 4.69) is 28.2 Å². The Labute approximate surface area is 221 Å². The maximum Gasteiger partial charge on any atom is 0.309 e. The minimum absolute atomic E-state index is 0.0289. The van der Waals surface area contributed by atoms with Crippen LogP contribution in [0.4, 0.5) is 13.2 Å². The van der Waals surface area contributed by atoms with Gasteiger partial charge in [0.1, 0.15) is 18.2 Å². The molecule has 38 heavy (non-hydrogen) atoms. The van der Waals surface area contributed by atoms with Crippen molar-refractivity contribution in [3.8, 4) is 5.75 Å². The Hall–Kier alpha value is -3.04. The third kappa shape index (κ3) is 5.83. The second kappa shape index (κ2) is 12.2. The predicted molar refractivity (Wildman–Crippen MR) is 141 cm³/mol. The van der Waals surface area contributed by atoms with E-state index < -0.39 is 18.4 Å². The number of benzene rings is 2. The van der Waals surface area contributed by atoms with Crippen LogP contribution in [-0.2, 0) is 16.0 Å². The van der Waals surface area contributed by atoms with Crippen LogP contribution in [0.1, 0.15) is 48.7 Å². The van der Waals surface area contributed by atoms with Gasteiger partial charge < -0.3 is 19.8 Å². The molecule has 0 spiro atoms. The normalized spacial score (nSPS) is 18.5. The highest BCUT2D eigenvalue weighted by Crippen LogP contribution is 2.44. The number of hydrogen-bond donors (Lipinski definition) is 2. The molecule has 6 nitrogen and oxygen atoms in total. The highest BCUT2D eigenvalue weighted by molar-refractivity contribution is 5.85. The Morgan fingerprint density at radius 2 is 1.97 bits per heavy atom. The van der Waals surface area contributed by atoms with Gasteiger partial charge in [-0.1, -0.05) is 25.1 Å². The highest BCUT2D eigenvalue weighted by atomic mass is 19.3. The molecule has 1 aliphatic heterocycles. The van der Waals surface area contributed by atoms with E-state index in [9.17, 15) is 13.6 Å². The molecule has 0 aliphatic carbocycles. The van der Waals surface area contributed by atoms with Crippen molar-refractivity contribution < 1.29 is 27.4 Å². The van der Waals surface area contributed by atoms with E-state index in [4.69, 9.17) is 9.47 Å². The molecular weight excluding hydrogens is 495 g/mol. The molecule has 3 aromatic rings. The topological polar surface area (TPSA) is 66.6 Å². The summed E-state index contributed by atoms with van der Waals surface area (Å²) in [5, 5.41) is 4.05. The number of rotatable bonds is 11. The predicted octanol–water partition coefficient (Wildman–Crippen LogP) is 5.38. The summed E-state index contributed by atoms with van der Waals surface area (Å²) in [6.07, 6.45) is -1.81. The van der Waals surface area contributed by atoms with E-state index in [0.717, 1.165) is 28.6 Å². The molecule has 0 saturated heterocycles. The molecule has 0 amide bonds. The summed E-state index contributed by atoms with van der Waals surface area (Å²) in [6.45, 7) is 7.00. The van der Waals surface area contributed by atoms with Crippen molar-refractivity contribution in [1.82, 2.24) is 15.2 Å². The molecular formula is C29H36F3N3O3. The first-order valence-electron chi connectivity index (χ1n) is 13.1. The molecule has 0 saturated carbocycles. The van der Waals surface area contributed by atoms with Gasteiger partial charge in [-0.2, -0.15) is 0 Å². The average molecular weight is 532 g/mol. The van der Waals surface area contributed by atoms with Crippen LogP contribution in [0.2, 0.25) is 0 Å². The van der Waals surface area contributed by atoms with Gasteiger partial charge in [0.05, 0.1) is 19.1 Å². The zero-order valence-corrected chi connectivity index (χ0v) is 22.3. The molecule has 2 heterocycles. The van der Waals surface area contributed by atoms with Crippen LogP contribution >= 0.6 is 0 Å². The minimum Gasteiger partial charge on any atom is -0.492 e. The number of fused-ring (bicyclic) bond motifs is 3. The number of para-hydroxylation sites is 1. The number of ether oxygens (including phenoxy) is 2. The number of alkyl halides is 2. The first-order chi connectivity index (χ1) is 18.2. The molecule has 3 atom stereocenters. The van der Waals surface area contributed by atoms with Gasteiger partial charge in [0, 0.05) is 54.3 Å². The number of carbonyl (C=O) groups excluding carboxylic acids is 1. The van der Waals surface area contributed by atoms with E-state index in [1.54, 1.807) is 6.07 Å². The number of carbonyl (C=O) groups is 1. The fourth-order valence-electron chi connectivity index (χ4n) is 5.43. The summed E-state index contributed by atoms with van der Waals surface area (Å²) in [5.74, 6) is -0.539. The number of nitrogens with zero attached hydrogens (tertiary/aromatic N) is 1. The number of methoxy groups -OCH3 is 1. The third-order valence-corrected chi connectivity index (χ3v) is 7.37. The number of H-pyrrole nitrogens is 1. The lowest BCUT2D eigenvalue weighted by atomic mass is 9.86. The summed E-state index contributed by atoms with van der Waals surface area (Å²) < 4.78 is 51.4. The first-order valence-corrected chi connectivity index (χ1v) is 13.1. The van der Waals surface area contributed by atoms with Gasteiger partial charge in [-0.3, -0.25) is 9.69 Å². The van der Waals surface area contributed by atoms with Crippen LogP contribution in [0, 0.1) is 18.7 Å². The van der Waals surface area contributed by atoms with Crippen molar-refractivity contribution in [3.63, 3.8) is 0 Å². The van der Waals surface area contributed by atoms with Gasteiger partial charge in [0.2, 0.25) is 6.43 Å². The largest absolute Gasteiger partial charge is 0.492 e. The van der Waals surface area contributed by atoms with Gasteiger partial charge >= 0.3 is 5.97 Å². The average Bonchev–Trinajstić information content (AvgIpc) is 3.26. The summed E-state index contributed by atoms with van der Waals surface area (Å²) in [7, 11) is 1.37. The molecule has 2 N–H and O–H groups in total. The SMILES string of the molecule is COC(=O)[C@@H](C)CN1[C@H](c2c(F)ccc(OCCNCCC(F)F)c2C)c2[nH]c3ccccc3c2C[C@H]1C. The highest BCUT2D eigenvalue weighted by Gasteiger charge is 2.39. The molecule has 1 aliphatic rings. The molecule has 0 fully saturated rings. The van der Waals surface area contributed by atoms with Crippen LogP contribution in [0.25, 0.3) is 10.9 Å². The van der Waals surface area contributed by atoms with E-state index in [1.165, 1.54) is 13.2 Å². The molecule has 1 aromatic heterocycles. The third-order valence-electron chi connectivity index (χ3n) is 7.37. The first kappa shape index (κ1) is 28.0. The molecule has 4 rings (SSSR count). The zero-order valence-electron chi connectivity index (χ0n) is 22.3. The summed E-state index contributed by atoms with van der Waals surface area (Å²) in [5.41, 5.74) is 4.20. The van der Waals surface area contributed by atoms with Crippen molar-refractivity contribution in [2.24, 2.45) is 5.92 Å². The monoisotopic (exact) mass is 531 g/mol. The van der Waals surface area contributed by atoms with Crippen molar-refractivity contribution in [3.05, 3.63) is 64.6 Å². The maximum absolute atomic E-state index is 15.7. The second-order valence-electron chi connectivity index (χ2n) is 10.0. The van der Waals surface area contributed by atoms with Crippen molar-refractivity contribution in [2.75, 3.05) is 33.4 Å². The lowest BCUT2D eigenvalue weighted by Crippen LogP contribution is -2.46. The Morgan fingerprint density at radius 1 is 1.21 bits per heavy atom. The van der Waals surface area contributed by atoms with Gasteiger partial charge in [0.15, 0.2) is 0 Å². The van der Waals surface area contributed by atoms with Crippen LogP contribution in [0.3, 0.4) is 0 Å². The molecule has 2 aromatic carbocycles. The van der Waals surface area contributed by atoms with Crippen molar-refractivity contribution in [2.45, 2.75) is 52.1 Å². The number of aromatic amines is 1. The van der Waals surface area contributed by atoms with Crippen LogP contribution < -0.4 is 10.1 Å². The summed E-state index contributed by atoms with van der Waals surface area (Å²) in [6, 6.07) is 10.6. The van der Waals surface area contributed by atoms with Gasteiger partial charge in [0.25, 0.3) is 0 Å². The van der Waals surface area contributed by atoms with Crippen LogP contribution in [-0.4, -0.2) is 61.7 Å². The molecule has 9 heteroatoms. The van der Waals surface area contributed by atoms with E-state index >= 15 is 4.39 Å². The Morgan fingerprint density at radius 3 is 2.71 bits per heavy atom. The van der Waals surface area contributed by atoms with Gasteiger partial charge in [-0.15, -0.1) is 0 Å². The lowest BCUT2D eigenvalue weighted by molar-refractivity contribution is -0.145. The van der Waals surface area contributed by atoms with Gasteiger partial charge in [-0.25, -0.2) is 13.2 Å². The molecule has 0 radical (unpaired) electrons. The van der Waals surface area contributed by atoms with Gasteiger partial charge in [-0.05, 0) is 49.6 Å². The second-order valence-corrected chi connectivity index (χ2v) is 10.0. The Bertz CT molecular complexity index is 1260. The fourth-order valence-corrected chi connectivity index (χ4v) is 5.43. The molecule has 0 unspecified atom stereocenters. The van der Waals surface area contributed by atoms with E-state index in [1.807, 2.05) is 32.0 Å². The molecule has 206 valence electrons. The number of nitrogens with one attached hydrogen (secondary N) is 2. The number of halogens is 3.